The van der Waals surface area contributed by atoms with Gasteiger partial charge >= 0.3 is 5.92 Å². The van der Waals surface area contributed by atoms with Crippen LogP contribution in [-0.2, 0) is 16.1 Å². The van der Waals surface area contributed by atoms with Crippen LogP contribution in [0.3, 0.4) is 0 Å². The number of halogens is 2. The van der Waals surface area contributed by atoms with Gasteiger partial charge in [-0.3, -0.25) is 9.59 Å². The summed E-state index contributed by atoms with van der Waals surface area (Å²) < 4.78 is 35.2. The number of nitrogens with one attached hydrogen (secondary N) is 1. The van der Waals surface area contributed by atoms with Crippen LogP contribution in [0.1, 0.15) is 31.7 Å². The summed E-state index contributed by atoms with van der Waals surface area (Å²) in [4.78, 5) is 24.9. The number of ether oxygens (including phenoxy) is 1. The van der Waals surface area contributed by atoms with Gasteiger partial charge in [-0.1, -0.05) is 18.2 Å². The minimum absolute atomic E-state index is 0.0191. The highest BCUT2D eigenvalue weighted by Crippen LogP contribution is 2.35. The number of hydrogen-bond donors (Lipinski definition) is 3. The Bertz CT molecular complexity index is 1070. The van der Waals surface area contributed by atoms with E-state index in [4.69, 9.17) is 10.5 Å². The first-order valence-corrected chi connectivity index (χ1v) is 11.4. The smallest absolute Gasteiger partial charge is 0.301 e. The third kappa shape index (κ3) is 5.37. The highest BCUT2D eigenvalue weighted by Gasteiger charge is 2.48. The molecule has 9 heteroatoms. The summed E-state index contributed by atoms with van der Waals surface area (Å²) in [5.74, 6) is -3.61. The Kier molecular flexibility index (Phi) is 6.86. The molecule has 4 rings (SSSR count). The Morgan fingerprint density at radius 3 is 2.59 bits per heavy atom. The van der Waals surface area contributed by atoms with E-state index in [0.29, 0.717) is 11.3 Å². The second-order valence-electron chi connectivity index (χ2n) is 8.96. The number of piperidine rings is 1. The van der Waals surface area contributed by atoms with Crippen LogP contribution in [0, 0.1) is 5.92 Å². The summed E-state index contributed by atoms with van der Waals surface area (Å²) in [5, 5.41) is 12.3. The van der Waals surface area contributed by atoms with Gasteiger partial charge in [0, 0.05) is 36.7 Å². The third-order valence-corrected chi connectivity index (χ3v) is 6.16. The molecule has 1 aliphatic heterocycles. The summed E-state index contributed by atoms with van der Waals surface area (Å²) >= 11 is 0. The van der Waals surface area contributed by atoms with E-state index in [1.54, 1.807) is 18.2 Å². The fourth-order valence-corrected chi connectivity index (χ4v) is 4.07. The van der Waals surface area contributed by atoms with E-state index in [1.165, 1.54) is 6.92 Å². The molecule has 182 valence electrons. The van der Waals surface area contributed by atoms with Crippen molar-refractivity contribution in [2.45, 2.75) is 50.9 Å². The monoisotopic (exact) mass is 473 g/mol. The van der Waals surface area contributed by atoms with Crippen molar-refractivity contribution in [3.63, 3.8) is 0 Å². The zero-order chi connectivity index (χ0) is 24.5. The second-order valence-corrected chi connectivity index (χ2v) is 8.96. The second kappa shape index (κ2) is 9.68. The molecule has 1 saturated carbocycles. The average molecular weight is 474 g/mol. The van der Waals surface area contributed by atoms with Crippen LogP contribution in [0.5, 0.6) is 5.75 Å². The molecule has 34 heavy (non-hydrogen) atoms. The topological polar surface area (TPSA) is 105 Å². The predicted molar refractivity (Wildman–Crippen MR) is 123 cm³/mol. The van der Waals surface area contributed by atoms with Crippen LogP contribution in [0.25, 0.3) is 11.1 Å². The molecular formula is C25H29F2N3O4. The molecule has 0 unspecified atom stereocenters. The average Bonchev–Trinajstić information content (AvgIpc) is 3.65. The van der Waals surface area contributed by atoms with Crippen LogP contribution in [0.15, 0.2) is 42.5 Å². The van der Waals surface area contributed by atoms with E-state index in [-0.39, 0.29) is 37.1 Å². The Hall–Kier alpha value is -3.04. The molecule has 7 nitrogen and oxygen atoms in total. The molecule has 0 spiro atoms. The molecule has 2 aliphatic rings. The van der Waals surface area contributed by atoms with Crippen LogP contribution >= 0.6 is 0 Å². The van der Waals surface area contributed by atoms with Crippen molar-refractivity contribution in [1.29, 1.82) is 0 Å². The van der Waals surface area contributed by atoms with Gasteiger partial charge in [-0.2, -0.15) is 0 Å². The van der Waals surface area contributed by atoms with E-state index in [1.807, 2.05) is 24.3 Å². The van der Waals surface area contributed by atoms with Gasteiger partial charge in [-0.25, -0.2) is 8.78 Å². The highest BCUT2D eigenvalue weighted by molar-refractivity contribution is 5.94. The summed E-state index contributed by atoms with van der Waals surface area (Å²) in [6.07, 6.45) is -0.975. The number of amides is 2. The Balaban J connectivity index is 1.49. The molecule has 0 radical (unpaired) electrons. The zero-order valence-corrected chi connectivity index (χ0v) is 19.0. The lowest BCUT2D eigenvalue weighted by atomic mass is 10.0. The normalized spacial score (nSPS) is 20.5. The lowest BCUT2D eigenvalue weighted by molar-refractivity contribution is -0.165. The number of hydrogen-bond acceptors (Lipinski definition) is 5. The molecule has 4 N–H and O–H groups in total. The number of alkyl halides is 2. The molecule has 0 aromatic heterocycles. The summed E-state index contributed by atoms with van der Waals surface area (Å²) in [6.45, 7) is 0.608. The number of rotatable bonds is 7. The molecule has 1 saturated heterocycles. The number of likely N-dealkylation sites (tertiary alicyclic amines) is 1. The van der Waals surface area contributed by atoms with Crippen LogP contribution < -0.4 is 15.8 Å². The number of benzene rings is 2. The van der Waals surface area contributed by atoms with Gasteiger partial charge in [-0.05, 0) is 55.2 Å². The van der Waals surface area contributed by atoms with Crippen molar-refractivity contribution in [2.75, 3.05) is 18.4 Å². The molecule has 2 fully saturated rings. The van der Waals surface area contributed by atoms with Gasteiger partial charge in [0.15, 0.2) is 6.10 Å². The quantitative estimate of drug-likeness (QED) is 0.573. The van der Waals surface area contributed by atoms with Crippen molar-refractivity contribution in [3.8, 4) is 16.9 Å². The lowest BCUT2D eigenvalue weighted by Gasteiger charge is -2.38. The molecule has 2 amide bonds. The van der Waals surface area contributed by atoms with E-state index < -0.39 is 30.6 Å². The van der Waals surface area contributed by atoms with Gasteiger partial charge in [0.25, 0.3) is 5.91 Å². The molecule has 2 atom stereocenters. The number of anilines is 1. The van der Waals surface area contributed by atoms with E-state index in [2.05, 4.69) is 5.32 Å². The molecule has 1 aliphatic carbocycles. The number of carbonyl (C=O) groups excluding carboxylic acids is 2. The van der Waals surface area contributed by atoms with Crippen molar-refractivity contribution < 1.29 is 28.2 Å². The maximum absolute atomic E-state index is 14.8. The third-order valence-electron chi connectivity index (χ3n) is 6.16. The van der Waals surface area contributed by atoms with E-state index >= 15 is 0 Å². The molecule has 0 bridgehead atoms. The summed E-state index contributed by atoms with van der Waals surface area (Å²) in [5.41, 5.74) is 8.84. The number of nitrogens with two attached hydrogens (primary N) is 1. The van der Waals surface area contributed by atoms with Crippen molar-refractivity contribution in [2.24, 2.45) is 11.7 Å². The zero-order valence-electron chi connectivity index (χ0n) is 19.0. The van der Waals surface area contributed by atoms with Gasteiger partial charge in [0.05, 0.1) is 6.54 Å². The Morgan fingerprint density at radius 2 is 1.94 bits per heavy atom. The first-order valence-electron chi connectivity index (χ1n) is 11.4. The fourth-order valence-electron chi connectivity index (χ4n) is 4.07. The summed E-state index contributed by atoms with van der Waals surface area (Å²) in [6, 6.07) is 12.6. The number of aliphatic hydroxyl groups excluding tert-OH is 1. The first kappa shape index (κ1) is 24.1. The standard InChI is InChI=1S/C25H29F2N3O4/c1-15(31)24(33)30-10-9-22(25(26,27)14-30)34-21-8-7-18(11-19(21)13-28)17-3-2-4-20(12-17)29-23(32)16-5-6-16/h2-4,7-8,11-12,15-16,22,31H,5-6,9-10,13-14,28H2,1H3,(H,29,32)/t15-,22-/m0/s1. The van der Waals surface area contributed by atoms with Crippen LogP contribution in [0.2, 0.25) is 0 Å². The van der Waals surface area contributed by atoms with E-state index in [0.717, 1.165) is 28.9 Å². The lowest BCUT2D eigenvalue weighted by Crippen LogP contribution is -2.56. The van der Waals surface area contributed by atoms with Crippen LogP contribution in [-0.4, -0.2) is 53.0 Å². The van der Waals surface area contributed by atoms with Gasteiger partial charge in [-0.15, -0.1) is 0 Å². The Labute approximate surface area is 196 Å². The summed E-state index contributed by atoms with van der Waals surface area (Å²) in [7, 11) is 0. The van der Waals surface area contributed by atoms with E-state index in [9.17, 15) is 23.5 Å². The molecule has 2 aromatic carbocycles. The Morgan fingerprint density at radius 1 is 1.21 bits per heavy atom. The maximum Gasteiger partial charge on any atom is 0.301 e. The first-order chi connectivity index (χ1) is 16.2. The minimum Gasteiger partial charge on any atom is -0.484 e. The SMILES string of the molecule is C[C@H](O)C(=O)N1CC[C@H](Oc2ccc(-c3cccc(NC(=O)C4CC4)c3)cc2CN)C(F)(F)C1. The van der Waals surface area contributed by atoms with Gasteiger partial charge < -0.3 is 25.8 Å². The number of carbonyl (C=O) groups is 2. The van der Waals surface area contributed by atoms with Crippen molar-refractivity contribution in [3.05, 3.63) is 48.0 Å². The molecular weight excluding hydrogens is 444 g/mol. The molecule has 2 aromatic rings. The molecule has 1 heterocycles. The fraction of sp³-hybridized carbons (Fsp3) is 0.440. The highest BCUT2D eigenvalue weighted by atomic mass is 19.3. The minimum atomic E-state index is -3.28. The number of nitrogens with zero attached hydrogens (tertiary/aromatic N) is 1. The number of aliphatic hydroxyl groups is 1. The van der Waals surface area contributed by atoms with Gasteiger partial charge in [0.2, 0.25) is 5.91 Å². The van der Waals surface area contributed by atoms with Crippen LogP contribution in [0.4, 0.5) is 14.5 Å². The van der Waals surface area contributed by atoms with Crippen molar-refractivity contribution >= 4 is 17.5 Å². The largest absolute Gasteiger partial charge is 0.484 e. The van der Waals surface area contributed by atoms with Gasteiger partial charge in [0.1, 0.15) is 11.9 Å². The predicted octanol–water partition coefficient (Wildman–Crippen LogP) is 3.16. The van der Waals surface area contributed by atoms with Crippen molar-refractivity contribution in [1.82, 2.24) is 4.90 Å². The maximum atomic E-state index is 14.8.